The van der Waals surface area contributed by atoms with Gasteiger partial charge in [0.05, 0.1) is 0 Å². The highest BCUT2D eigenvalue weighted by Crippen LogP contribution is 2.19. The molecule has 0 spiro atoms. The molecule has 4 nitrogen and oxygen atoms in total. The first-order chi connectivity index (χ1) is 11.2. The van der Waals surface area contributed by atoms with Gasteiger partial charge in [0.25, 0.3) is 0 Å². The summed E-state index contributed by atoms with van der Waals surface area (Å²) in [5.41, 5.74) is 3.27. The Bertz CT molecular complexity index is 780. The maximum atomic E-state index is 11.5. The second kappa shape index (κ2) is 7.11. The number of benzene rings is 2. The van der Waals surface area contributed by atoms with Crippen LogP contribution in [0.2, 0.25) is 0 Å². The van der Waals surface area contributed by atoms with E-state index in [0.717, 1.165) is 22.9 Å². The van der Waals surface area contributed by atoms with Gasteiger partial charge in [0, 0.05) is 23.5 Å². The van der Waals surface area contributed by atoms with Crippen LogP contribution in [-0.2, 0) is 17.6 Å². The number of nitrogens with one attached hydrogen (secondary N) is 2. The Morgan fingerprint density at radius 2 is 1.83 bits per heavy atom. The zero-order chi connectivity index (χ0) is 16.1. The van der Waals surface area contributed by atoms with E-state index in [2.05, 4.69) is 22.4 Å². The van der Waals surface area contributed by atoms with Gasteiger partial charge >= 0.3 is 5.97 Å². The van der Waals surface area contributed by atoms with E-state index in [1.807, 2.05) is 48.7 Å². The van der Waals surface area contributed by atoms with Crippen molar-refractivity contribution in [2.75, 3.05) is 6.54 Å². The van der Waals surface area contributed by atoms with Crippen LogP contribution in [0.25, 0.3) is 10.9 Å². The molecule has 0 radical (unpaired) electrons. The first-order valence-corrected chi connectivity index (χ1v) is 7.79. The number of carboxylic acid groups (broad SMARTS) is 1. The molecule has 0 amide bonds. The number of rotatable bonds is 7. The third kappa shape index (κ3) is 3.79. The lowest BCUT2D eigenvalue weighted by Crippen LogP contribution is -2.39. The van der Waals surface area contributed by atoms with Crippen LogP contribution in [0.5, 0.6) is 0 Å². The smallest absolute Gasteiger partial charge is 0.321 e. The molecule has 0 saturated carbocycles. The highest BCUT2D eigenvalue weighted by Gasteiger charge is 2.18. The van der Waals surface area contributed by atoms with Crippen molar-refractivity contribution in [2.24, 2.45) is 0 Å². The summed E-state index contributed by atoms with van der Waals surface area (Å²) in [5, 5.41) is 13.7. The predicted molar refractivity (Wildman–Crippen MR) is 91.6 cm³/mol. The first-order valence-electron chi connectivity index (χ1n) is 7.79. The lowest BCUT2D eigenvalue weighted by Gasteiger charge is -2.14. The third-order valence-corrected chi connectivity index (χ3v) is 4.04. The van der Waals surface area contributed by atoms with Crippen LogP contribution in [0.4, 0.5) is 0 Å². The number of para-hydroxylation sites is 1. The van der Waals surface area contributed by atoms with E-state index in [1.165, 1.54) is 5.56 Å². The lowest BCUT2D eigenvalue weighted by atomic mass is 10.0. The summed E-state index contributed by atoms with van der Waals surface area (Å²) >= 11 is 0. The molecule has 3 N–H and O–H groups in total. The van der Waals surface area contributed by atoms with Crippen LogP contribution in [0.1, 0.15) is 11.1 Å². The number of H-pyrrole nitrogens is 1. The molecule has 0 aliphatic carbocycles. The van der Waals surface area contributed by atoms with Gasteiger partial charge in [-0.05, 0) is 30.2 Å². The molecule has 0 fully saturated rings. The topological polar surface area (TPSA) is 65.1 Å². The van der Waals surface area contributed by atoms with E-state index >= 15 is 0 Å². The van der Waals surface area contributed by atoms with Crippen molar-refractivity contribution in [3.05, 3.63) is 71.9 Å². The zero-order valence-corrected chi connectivity index (χ0v) is 12.8. The van der Waals surface area contributed by atoms with Gasteiger partial charge < -0.3 is 15.4 Å². The number of aliphatic carboxylic acids is 1. The minimum absolute atomic E-state index is 0.466. The molecule has 0 unspecified atom stereocenters. The number of hydrogen-bond acceptors (Lipinski definition) is 2. The Morgan fingerprint density at radius 3 is 2.61 bits per heavy atom. The first kappa shape index (κ1) is 15.3. The van der Waals surface area contributed by atoms with Gasteiger partial charge in [0.1, 0.15) is 6.04 Å². The number of aromatic amines is 1. The monoisotopic (exact) mass is 308 g/mol. The number of carboxylic acids is 1. The molecule has 4 heteroatoms. The van der Waals surface area contributed by atoms with Crippen molar-refractivity contribution < 1.29 is 9.90 Å². The SMILES string of the molecule is O=C(O)[C@@H](Cc1c[nH]c2ccccc12)NCCc1ccccc1. The number of fused-ring (bicyclic) bond motifs is 1. The standard InChI is InChI=1S/C19H20N2O2/c22-19(23)18(20-11-10-14-6-2-1-3-7-14)12-15-13-21-17-9-5-4-8-16(15)17/h1-9,13,18,20-21H,10-12H2,(H,22,23)/t18-/m1/s1. The molecule has 0 bridgehead atoms. The van der Waals surface area contributed by atoms with Gasteiger partial charge in [-0.2, -0.15) is 0 Å². The van der Waals surface area contributed by atoms with Gasteiger partial charge in [0.15, 0.2) is 0 Å². The van der Waals surface area contributed by atoms with E-state index in [4.69, 9.17) is 0 Å². The molecular weight excluding hydrogens is 288 g/mol. The van der Waals surface area contributed by atoms with E-state index in [9.17, 15) is 9.90 Å². The second-order valence-electron chi connectivity index (χ2n) is 5.64. The minimum Gasteiger partial charge on any atom is -0.480 e. The zero-order valence-electron chi connectivity index (χ0n) is 12.8. The Morgan fingerprint density at radius 1 is 1.09 bits per heavy atom. The molecular formula is C19H20N2O2. The molecule has 2 aromatic carbocycles. The van der Waals surface area contributed by atoms with Crippen molar-refractivity contribution in [1.29, 1.82) is 0 Å². The van der Waals surface area contributed by atoms with Gasteiger partial charge in [-0.15, -0.1) is 0 Å². The van der Waals surface area contributed by atoms with E-state index in [-0.39, 0.29) is 0 Å². The maximum Gasteiger partial charge on any atom is 0.321 e. The number of aromatic nitrogens is 1. The molecule has 1 heterocycles. The van der Waals surface area contributed by atoms with Gasteiger partial charge in [0.2, 0.25) is 0 Å². The summed E-state index contributed by atoms with van der Waals surface area (Å²) in [5.74, 6) is -0.816. The summed E-state index contributed by atoms with van der Waals surface area (Å²) in [7, 11) is 0. The molecule has 23 heavy (non-hydrogen) atoms. The summed E-state index contributed by atoms with van der Waals surface area (Å²) in [6.07, 6.45) is 3.19. The molecule has 0 aliphatic rings. The van der Waals surface area contributed by atoms with Crippen molar-refractivity contribution in [3.63, 3.8) is 0 Å². The van der Waals surface area contributed by atoms with Crippen LogP contribution in [0, 0.1) is 0 Å². The normalized spacial score (nSPS) is 12.3. The molecule has 1 atom stereocenters. The van der Waals surface area contributed by atoms with E-state index in [1.54, 1.807) is 0 Å². The van der Waals surface area contributed by atoms with E-state index < -0.39 is 12.0 Å². The van der Waals surface area contributed by atoms with Crippen molar-refractivity contribution in [2.45, 2.75) is 18.9 Å². The quantitative estimate of drug-likeness (QED) is 0.628. The van der Waals surface area contributed by atoms with Crippen LogP contribution in [0.3, 0.4) is 0 Å². The highest BCUT2D eigenvalue weighted by atomic mass is 16.4. The molecule has 118 valence electrons. The molecule has 3 rings (SSSR count). The maximum absolute atomic E-state index is 11.5. The van der Waals surface area contributed by atoms with Crippen molar-refractivity contribution >= 4 is 16.9 Å². The largest absolute Gasteiger partial charge is 0.480 e. The molecule has 0 aliphatic heterocycles. The average Bonchev–Trinajstić information content (AvgIpc) is 2.98. The Kier molecular flexibility index (Phi) is 4.74. The van der Waals surface area contributed by atoms with Crippen LogP contribution < -0.4 is 5.32 Å². The van der Waals surface area contributed by atoms with E-state index in [0.29, 0.717) is 13.0 Å². The fourth-order valence-corrected chi connectivity index (χ4v) is 2.80. The number of carbonyl (C=O) groups is 1. The predicted octanol–water partition coefficient (Wildman–Crippen LogP) is 3.00. The van der Waals surface area contributed by atoms with Gasteiger partial charge in [-0.1, -0.05) is 48.5 Å². The summed E-state index contributed by atoms with van der Waals surface area (Å²) < 4.78 is 0. The van der Waals surface area contributed by atoms with Crippen LogP contribution in [-0.4, -0.2) is 28.6 Å². The van der Waals surface area contributed by atoms with Crippen molar-refractivity contribution in [3.8, 4) is 0 Å². The number of hydrogen-bond donors (Lipinski definition) is 3. The van der Waals surface area contributed by atoms with Crippen molar-refractivity contribution in [1.82, 2.24) is 10.3 Å². The second-order valence-corrected chi connectivity index (χ2v) is 5.64. The Balaban J connectivity index is 1.64. The fraction of sp³-hybridized carbons (Fsp3) is 0.211. The third-order valence-electron chi connectivity index (χ3n) is 4.04. The van der Waals surface area contributed by atoms with Gasteiger partial charge in [-0.25, -0.2) is 0 Å². The van der Waals surface area contributed by atoms with Gasteiger partial charge in [-0.3, -0.25) is 4.79 Å². The highest BCUT2D eigenvalue weighted by molar-refractivity contribution is 5.84. The fourth-order valence-electron chi connectivity index (χ4n) is 2.80. The molecule has 3 aromatic rings. The Hall–Kier alpha value is -2.59. The lowest BCUT2D eigenvalue weighted by molar-refractivity contribution is -0.139. The summed E-state index contributed by atoms with van der Waals surface area (Å²) in [6.45, 7) is 0.642. The minimum atomic E-state index is -0.816. The Labute approximate surface area is 135 Å². The average molecular weight is 308 g/mol. The molecule has 0 saturated heterocycles. The van der Waals surface area contributed by atoms with Crippen LogP contribution >= 0.6 is 0 Å². The summed E-state index contributed by atoms with van der Waals surface area (Å²) in [6, 6.07) is 17.4. The molecule has 1 aromatic heterocycles. The van der Waals surface area contributed by atoms with Crippen LogP contribution in [0.15, 0.2) is 60.8 Å². The summed E-state index contributed by atoms with van der Waals surface area (Å²) in [4.78, 5) is 14.7.